The maximum absolute atomic E-state index is 5.39. The molecule has 0 amide bonds. The van der Waals surface area contributed by atoms with Crippen LogP contribution in [0.2, 0.25) is 0 Å². The van der Waals surface area contributed by atoms with Crippen LogP contribution in [0.3, 0.4) is 0 Å². The van der Waals surface area contributed by atoms with Crippen molar-refractivity contribution in [1.82, 2.24) is 10.2 Å². The van der Waals surface area contributed by atoms with E-state index in [9.17, 15) is 0 Å². The second-order valence-electron chi connectivity index (χ2n) is 6.03. The van der Waals surface area contributed by atoms with Gasteiger partial charge in [-0.1, -0.05) is 6.92 Å². The summed E-state index contributed by atoms with van der Waals surface area (Å²) >= 11 is 0. The molecule has 0 aromatic heterocycles. The van der Waals surface area contributed by atoms with Crippen LogP contribution in [-0.2, 0) is 4.74 Å². The van der Waals surface area contributed by atoms with Crippen molar-refractivity contribution in [1.29, 1.82) is 0 Å². The van der Waals surface area contributed by atoms with Gasteiger partial charge in [-0.2, -0.15) is 0 Å². The molecule has 2 atom stereocenters. The standard InChI is InChI=1S/C14H32N2O/c1-8-17-10-9-16(7)13(3)12(2)11-15-14(4,5)6/h12-13,15H,8-11H2,1-7H3. The second kappa shape index (κ2) is 8.06. The molecule has 3 heteroatoms. The Labute approximate surface area is 108 Å². The fraction of sp³-hybridized carbons (Fsp3) is 1.00. The summed E-state index contributed by atoms with van der Waals surface area (Å²) in [5.41, 5.74) is 0.206. The van der Waals surface area contributed by atoms with Crippen molar-refractivity contribution >= 4 is 0 Å². The van der Waals surface area contributed by atoms with Crippen molar-refractivity contribution in [2.75, 3.05) is 33.4 Å². The van der Waals surface area contributed by atoms with Crippen LogP contribution in [0.25, 0.3) is 0 Å². The quantitative estimate of drug-likeness (QED) is 0.663. The monoisotopic (exact) mass is 244 g/mol. The highest BCUT2D eigenvalue weighted by molar-refractivity contribution is 4.77. The molecule has 17 heavy (non-hydrogen) atoms. The summed E-state index contributed by atoms with van der Waals surface area (Å²) in [6, 6.07) is 0.574. The fourth-order valence-corrected chi connectivity index (χ4v) is 1.63. The van der Waals surface area contributed by atoms with E-state index in [-0.39, 0.29) is 5.54 Å². The smallest absolute Gasteiger partial charge is 0.0593 e. The van der Waals surface area contributed by atoms with E-state index in [0.717, 1.165) is 26.3 Å². The van der Waals surface area contributed by atoms with Crippen molar-refractivity contribution in [2.45, 2.75) is 53.1 Å². The predicted octanol–water partition coefficient (Wildman–Crippen LogP) is 2.37. The van der Waals surface area contributed by atoms with E-state index in [4.69, 9.17) is 4.74 Å². The number of ether oxygens (including phenoxy) is 1. The molecule has 0 aromatic rings. The lowest BCUT2D eigenvalue weighted by Gasteiger charge is -2.32. The first-order valence-electron chi connectivity index (χ1n) is 6.81. The molecule has 0 aliphatic rings. The van der Waals surface area contributed by atoms with Crippen LogP contribution in [0, 0.1) is 5.92 Å². The summed E-state index contributed by atoms with van der Waals surface area (Å²) in [7, 11) is 2.18. The van der Waals surface area contributed by atoms with Gasteiger partial charge >= 0.3 is 0 Å². The van der Waals surface area contributed by atoms with Gasteiger partial charge in [-0.05, 0) is 54.1 Å². The molecule has 0 saturated carbocycles. The van der Waals surface area contributed by atoms with Gasteiger partial charge in [-0.25, -0.2) is 0 Å². The number of nitrogens with one attached hydrogen (secondary N) is 1. The van der Waals surface area contributed by atoms with E-state index in [1.165, 1.54) is 0 Å². The zero-order valence-corrected chi connectivity index (χ0v) is 12.8. The van der Waals surface area contributed by atoms with E-state index in [1.807, 2.05) is 6.92 Å². The first-order valence-corrected chi connectivity index (χ1v) is 6.81. The van der Waals surface area contributed by atoms with Gasteiger partial charge in [0.2, 0.25) is 0 Å². The Morgan fingerprint density at radius 1 is 1.24 bits per heavy atom. The Morgan fingerprint density at radius 3 is 2.29 bits per heavy atom. The van der Waals surface area contributed by atoms with E-state index in [0.29, 0.717) is 12.0 Å². The molecule has 2 unspecified atom stereocenters. The second-order valence-corrected chi connectivity index (χ2v) is 6.03. The SMILES string of the molecule is CCOCCN(C)C(C)C(C)CNC(C)(C)C. The van der Waals surface area contributed by atoms with Crippen LogP contribution in [-0.4, -0.2) is 49.8 Å². The van der Waals surface area contributed by atoms with Crippen LogP contribution in [0.5, 0.6) is 0 Å². The summed E-state index contributed by atoms with van der Waals surface area (Å²) in [5, 5.41) is 3.57. The van der Waals surface area contributed by atoms with Crippen LogP contribution in [0.4, 0.5) is 0 Å². The Bertz CT molecular complexity index is 189. The highest BCUT2D eigenvalue weighted by Crippen LogP contribution is 2.10. The van der Waals surface area contributed by atoms with Crippen LogP contribution in [0.1, 0.15) is 41.5 Å². The van der Waals surface area contributed by atoms with Crippen molar-refractivity contribution in [3.8, 4) is 0 Å². The van der Waals surface area contributed by atoms with Crippen molar-refractivity contribution in [2.24, 2.45) is 5.92 Å². The van der Waals surface area contributed by atoms with Crippen molar-refractivity contribution in [3.05, 3.63) is 0 Å². The molecule has 0 heterocycles. The summed E-state index contributed by atoms with van der Waals surface area (Å²) < 4.78 is 5.39. The maximum atomic E-state index is 5.39. The summed E-state index contributed by atoms with van der Waals surface area (Å²) in [6.45, 7) is 17.0. The van der Waals surface area contributed by atoms with E-state index >= 15 is 0 Å². The number of likely N-dealkylation sites (N-methyl/N-ethyl adjacent to an activating group) is 1. The molecule has 0 aromatic carbocycles. The molecule has 0 saturated heterocycles. The molecule has 104 valence electrons. The van der Waals surface area contributed by atoms with Gasteiger partial charge in [0.15, 0.2) is 0 Å². The number of nitrogens with zero attached hydrogens (tertiary/aromatic N) is 1. The lowest BCUT2D eigenvalue weighted by molar-refractivity contribution is 0.0974. The molecule has 0 aliphatic carbocycles. The van der Waals surface area contributed by atoms with Crippen molar-refractivity contribution < 1.29 is 4.74 Å². The first-order chi connectivity index (χ1) is 7.78. The molecule has 0 aliphatic heterocycles. The molecule has 1 N–H and O–H groups in total. The lowest BCUT2D eigenvalue weighted by atomic mass is 10.0. The predicted molar refractivity (Wildman–Crippen MR) is 75.5 cm³/mol. The Hall–Kier alpha value is -0.120. The van der Waals surface area contributed by atoms with Crippen LogP contribution >= 0.6 is 0 Å². The number of rotatable bonds is 8. The van der Waals surface area contributed by atoms with Crippen LogP contribution < -0.4 is 5.32 Å². The minimum atomic E-state index is 0.206. The molecule has 0 radical (unpaired) electrons. The summed E-state index contributed by atoms with van der Waals surface area (Å²) in [6.07, 6.45) is 0. The van der Waals surface area contributed by atoms with Gasteiger partial charge < -0.3 is 15.0 Å². The minimum absolute atomic E-state index is 0.206. The normalized spacial score (nSPS) is 16.2. The largest absolute Gasteiger partial charge is 0.380 e. The molecular formula is C14H32N2O. The third kappa shape index (κ3) is 8.58. The average Bonchev–Trinajstić information content (AvgIpc) is 2.24. The molecular weight excluding hydrogens is 212 g/mol. The lowest BCUT2D eigenvalue weighted by Crippen LogP contribution is -2.45. The summed E-state index contributed by atoms with van der Waals surface area (Å²) in [5.74, 6) is 0.640. The third-order valence-corrected chi connectivity index (χ3v) is 3.27. The van der Waals surface area contributed by atoms with Gasteiger partial charge in [0.05, 0.1) is 6.61 Å². The van der Waals surface area contributed by atoms with E-state index in [1.54, 1.807) is 0 Å². The average molecular weight is 244 g/mol. The molecule has 0 rings (SSSR count). The van der Waals surface area contributed by atoms with Crippen LogP contribution in [0.15, 0.2) is 0 Å². The highest BCUT2D eigenvalue weighted by atomic mass is 16.5. The Kier molecular flexibility index (Phi) is 8.01. The van der Waals surface area contributed by atoms with E-state index < -0.39 is 0 Å². The van der Waals surface area contributed by atoms with Crippen molar-refractivity contribution in [3.63, 3.8) is 0 Å². The highest BCUT2D eigenvalue weighted by Gasteiger charge is 2.18. The van der Waals surface area contributed by atoms with E-state index in [2.05, 4.69) is 51.9 Å². The zero-order valence-electron chi connectivity index (χ0n) is 12.8. The van der Waals surface area contributed by atoms with Gasteiger partial charge in [0.25, 0.3) is 0 Å². The molecule has 0 bridgehead atoms. The topological polar surface area (TPSA) is 24.5 Å². The number of hydrogen-bond donors (Lipinski definition) is 1. The van der Waals surface area contributed by atoms with Gasteiger partial charge in [-0.3, -0.25) is 0 Å². The Morgan fingerprint density at radius 2 is 1.82 bits per heavy atom. The summed E-state index contributed by atoms with van der Waals surface area (Å²) in [4.78, 5) is 2.38. The molecule has 0 spiro atoms. The Balaban J connectivity index is 3.89. The van der Waals surface area contributed by atoms with Gasteiger partial charge in [-0.15, -0.1) is 0 Å². The minimum Gasteiger partial charge on any atom is -0.380 e. The van der Waals surface area contributed by atoms with Gasteiger partial charge in [0.1, 0.15) is 0 Å². The number of hydrogen-bond acceptors (Lipinski definition) is 3. The fourth-order valence-electron chi connectivity index (χ4n) is 1.63. The third-order valence-electron chi connectivity index (χ3n) is 3.27. The maximum Gasteiger partial charge on any atom is 0.0593 e. The van der Waals surface area contributed by atoms with Gasteiger partial charge in [0, 0.05) is 24.7 Å². The molecule has 0 fully saturated rings. The zero-order chi connectivity index (χ0) is 13.5. The first kappa shape index (κ1) is 16.9. The molecule has 3 nitrogen and oxygen atoms in total.